The van der Waals surface area contributed by atoms with Crippen LogP contribution >= 0.6 is 0 Å². The van der Waals surface area contributed by atoms with E-state index in [1.807, 2.05) is 51.1 Å². The number of phenols is 1. The minimum absolute atomic E-state index is 0.0130. The van der Waals surface area contributed by atoms with Crippen molar-refractivity contribution in [3.63, 3.8) is 0 Å². The molecule has 0 heterocycles. The molecule has 0 aliphatic heterocycles. The SMILES string of the molecule is CN(CC(=O)NCC(C)(C)C)C(=O)[C@H](CC(=O)[C@@H](N)Cc1ccc(O)cc1)Cc1ccccc1. The number of benzene rings is 2. The zero-order valence-electron chi connectivity index (χ0n) is 20.6. The lowest BCUT2D eigenvalue weighted by molar-refractivity contribution is -0.139. The fourth-order valence-corrected chi connectivity index (χ4v) is 3.56. The molecule has 2 rings (SSSR count). The Kier molecular flexibility index (Phi) is 9.81. The molecule has 0 aliphatic carbocycles. The lowest BCUT2D eigenvalue weighted by atomic mass is 9.89. The summed E-state index contributed by atoms with van der Waals surface area (Å²) in [6.45, 7) is 6.49. The van der Waals surface area contributed by atoms with Gasteiger partial charge in [0.2, 0.25) is 11.8 Å². The van der Waals surface area contributed by atoms with Gasteiger partial charge in [-0.1, -0.05) is 63.2 Å². The smallest absolute Gasteiger partial charge is 0.239 e. The fourth-order valence-electron chi connectivity index (χ4n) is 3.56. The largest absolute Gasteiger partial charge is 0.508 e. The van der Waals surface area contributed by atoms with Crippen LogP contribution in [0.4, 0.5) is 0 Å². The summed E-state index contributed by atoms with van der Waals surface area (Å²) in [6, 6.07) is 15.3. The van der Waals surface area contributed by atoms with E-state index in [2.05, 4.69) is 5.32 Å². The zero-order valence-corrected chi connectivity index (χ0v) is 20.6. The summed E-state index contributed by atoms with van der Waals surface area (Å²) in [4.78, 5) is 39.9. The molecule has 7 nitrogen and oxygen atoms in total. The minimum atomic E-state index is -0.768. The number of aromatic hydroxyl groups is 1. The molecule has 0 radical (unpaired) electrons. The van der Waals surface area contributed by atoms with E-state index in [4.69, 9.17) is 5.73 Å². The van der Waals surface area contributed by atoms with Crippen LogP contribution in [0.3, 0.4) is 0 Å². The lowest BCUT2D eigenvalue weighted by Gasteiger charge is -2.25. The molecule has 0 bridgehead atoms. The van der Waals surface area contributed by atoms with Crippen LogP contribution in [0.1, 0.15) is 38.3 Å². The molecule has 184 valence electrons. The Hall–Kier alpha value is -3.19. The molecule has 0 unspecified atom stereocenters. The number of amides is 2. The predicted molar refractivity (Wildman–Crippen MR) is 133 cm³/mol. The minimum Gasteiger partial charge on any atom is -0.508 e. The fraction of sp³-hybridized carbons (Fsp3) is 0.444. The lowest BCUT2D eigenvalue weighted by Crippen LogP contribution is -2.44. The number of Topliss-reactive ketones (excluding diaryl/α,β-unsaturated/α-hetero) is 1. The van der Waals surface area contributed by atoms with Gasteiger partial charge in [0.1, 0.15) is 5.75 Å². The van der Waals surface area contributed by atoms with Crippen LogP contribution in [0.25, 0.3) is 0 Å². The number of hydrogen-bond donors (Lipinski definition) is 3. The maximum absolute atomic E-state index is 13.3. The van der Waals surface area contributed by atoms with Gasteiger partial charge in [-0.2, -0.15) is 0 Å². The highest BCUT2D eigenvalue weighted by molar-refractivity contribution is 5.91. The summed E-state index contributed by atoms with van der Waals surface area (Å²) in [6.07, 6.45) is 0.683. The monoisotopic (exact) mass is 467 g/mol. The third kappa shape index (κ3) is 9.35. The first kappa shape index (κ1) is 27.1. The first-order valence-electron chi connectivity index (χ1n) is 11.6. The molecular weight excluding hydrogens is 430 g/mol. The molecule has 0 spiro atoms. The van der Waals surface area contributed by atoms with Crippen LogP contribution in [0, 0.1) is 11.3 Å². The number of carbonyl (C=O) groups is 3. The number of likely N-dealkylation sites (N-methyl/N-ethyl adjacent to an activating group) is 1. The van der Waals surface area contributed by atoms with Gasteiger partial charge in [-0.25, -0.2) is 0 Å². The van der Waals surface area contributed by atoms with E-state index in [0.717, 1.165) is 11.1 Å². The second kappa shape index (κ2) is 12.3. The maximum atomic E-state index is 13.3. The molecule has 2 atom stereocenters. The van der Waals surface area contributed by atoms with Crippen molar-refractivity contribution in [1.82, 2.24) is 10.2 Å². The second-order valence-corrected chi connectivity index (χ2v) is 10.1. The standard InChI is InChI=1S/C27H37N3O4/c1-27(2,3)18-29-25(33)17-30(4)26(34)21(14-19-8-6-5-7-9-19)16-24(32)23(28)15-20-10-12-22(31)13-11-20/h5-13,21,23,31H,14-18,28H2,1-4H3,(H,29,33)/t21-,23-/m0/s1. The van der Waals surface area contributed by atoms with Crippen LogP contribution in [-0.2, 0) is 27.2 Å². The number of carbonyl (C=O) groups excluding carboxylic acids is 3. The van der Waals surface area contributed by atoms with Crippen molar-refractivity contribution in [2.45, 2.75) is 46.1 Å². The van der Waals surface area contributed by atoms with Crippen molar-refractivity contribution < 1.29 is 19.5 Å². The zero-order chi connectivity index (χ0) is 25.3. The van der Waals surface area contributed by atoms with Gasteiger partial charge in [0.25, 0.3) is 0 Å². The molecule has 2 aromatic carbocycles. The van der Waals surface area contributed by atoms with Crippen LogP contribution in [0.2, 0.25) is 0 Å². The van der Waals surface area contributed by atoms with Crippen molar-refractivity contribution in [2.24, 2.45) is 17.1 Å². The predicted octanol–water partition coefficient (Wildman–Crippen LogP) is 2.70. The Labute approximate surface area is 202 Å². The van der Waals surface area contributed by atoms with Crippen molar-refractivity contribution in [2.75, 3.05) is 20.1 Å². The number of phenolic OH excluding ortho intramolecular Hbond substituents is 1. The average molecular weight is 468 g/mol. The normalized spacial score (nSPS) is 13.1. The number of nitrogens with one attached hydrogen (secondary N) is 1. The summed E-state index contributed by atoms with van der Waals surface area (Å²) in [5.74, 6) is -1.19. The summed E-state index contributed by atoms with van der Waals surface area (Å²) in [5, 5.41) is 12.3. The Bertz CT molecular complexity index is 952. The molecule has 0 aromatic heterocycles. The van der Waals surface area contributed by atoms with Gasteiger partial charge in [0.05, 0.1) is 12.6 Å². The number of hydrogen-bond acceptors (Lipinski definition) is 5. The van der Waals surface area contributed by atoms with Crippen LogP contribution in [0.5, 0.6) is 5.75 Å². The van der Waals surface area contributed by atoms with Gasteiger partial charge in [0, 0.05) is 25.9 Å². The van der Waals surface area contributed by atoms with E-state index in [1.54, 1.807) is 31.3 Å². The Morgan fingerprint density at radius 1 is 0.971 bits per heavy atom. The van der Waals surface area contributed by atoms with Crippen molar-refractivity contribution >= 4 is 17.6 Å². The molecule has 34 heavy (non-hydrogen) atoms. The van der Waals surface area contributed by atoms with Crippen LogP contribution in [-0.4, -0.2) is 53.8 Å². The molecule has 0 saturated carbocycles. The first-order chi connectivity index (χ1) is 15.9. The highest BCUT2D eigenvalue weighted by Gasteiger charge is 2.28. The van der Waals surface area contributed by atoms with Gasteiger partial charge < -0.3 is 21.1 Å². The quantitative estimate of drug-likeness (QED) is 0.470. The summed E-state index contributed by atoms with van der Waals surface area (Å²) in [7, 11) is 1.58. The Balaban J connectivity index is 2.07. The molecule has 2 aromatic rings. The van der Waals surface area contributed by atoms with E-state index in [0.29, 0.717) is 19.4 Å². The molecule has 4 N–H and O–H groups in total. The third-order valence-electron chi connectivity index (χ3n) is 5.50. The van der Waals surface area contributed by atoms with Gasteiger partial charge in [0.15, 0.2) is 5.78 Å². The van der Waals surface area contributed by atoms with Gasteiger partial charge in [-0.3, -0.25) is 14.4 Å². The van der Waals surface area contributed by atoms with Gasteiger partial charge in [-0.05, 0) is 41.5 Å². The van der Waals surface area contributed by atoms with Gasteiger partial charge in [-0.15, -0.1) is 0 Å². The van der Waals surface area contributed by atoms with Crippen molar-refractivity contribution in [3.8, 4) is 5.75 Å². The van der Waals surface area contributed by atoms with Crippen molar-refractivity contribution in [3.05, 3.63) is 65.7 Å². The summed E-state index contributed by atoms with van der Waals surface area (Å²) in [5.41, 5.74) is 7.87. The van der Waals surface area contributed by atoms with E-state index in [9.17, 15) is 19.5 Å². The highest BCUT2D eigenvalue weighted by atomic mass is 16.3. The first-order valence-corrected chi connectivity index (χ1v) is 11.6. The van der Waals surface area contributed by atoms with Crippen LogP contribution < -0.4 is 11.1 Å². The van der Waals surface area contributed by atoms with E-state index in [1.165, 1.54) is 4.90 Å². The molecule has 0 fully saturated rings. The molecular formula is C27H37N3O4. The second-order valence-electron chi connectivity index (χ2n) is 10.1. The Morgan fingerprint density at radius 3 is 2.15 bits per heavy atom. The number of nitrogens with two attached hydrogens (primary N) is 1. The molecule has 2 amide bonds. The molecule has 0 saturated heterocycles. The summed E-state index contributed by atoms with van der Waals surface area (Å²) >= 11 is 0. The van der Waals surface area contributed by atoms with Gasteiger partial charge >= 0.3 is 0 Å². The Morgan fingerprint density at radius 2 is 1.56 bits per heavy atom. The van der Waals surface area contributed by atoms with E-state index < -0.39 is 12.0 Å². The number of ketones is 1. The third-order valence-corrected chi connectivity index (χ3v) is 5.50. The van der Waals surface area contributed by atoms with E-state index in [-0.39, 0.29) is 41.7 Å². The highest BCUT2D eigenvalue weighted by Crippen LogP contribution is 2.18. The number of nitrogens with zero attached hydrogens (tertiary/aromatic N) is 1. The topological polar surface area (TPSA) is 113 Å². The maximum Gasteiger partial charge on any atom is 0.239 e. The van der Waals surface area contributed by atoms with Crippen LogP contribution in [0.15, 0.2) is 54.6 Å². The molecule has 0 aliphatic rings. The van der Waals surface area contributed by atoms with E-state index >= 15 is 0 Å². The van der Waals surface area contributed by atoms with Crippen molar-refractivity contribution in [1.29, 1.82) is 0 Å². The summed E-state index contributed by atoms with van der Waals surface area (Å²) < 4.78 is 0. The number of rotatable bonds is 11. The average Bonchev–Trinajstić information content (AvgIpc) is 2.78. The molecule has 7 heteroatoms.